The molecule has 5 N–H and O–H groups in total. The van der Waals surface area contributed by atoms with Crippen LogP contribution in [0.2, 0.25) is 0 Å². The minimum atomic E-state index is -4.19. The van der Waals surface area contributed by atoms with Gasteiger partial charge in [0.2, 0.25) is 0 Å². The number of anilines is 1. The van der Waals surface area contributed by atoms with Crippen LogP contribution in [0.3, 0.4) is 0 Å². The van der Waals surface area contributed by atoms with Gasteiger partial charge in [0.1, 0.15) is 18.5 Å². The Morgan fingerprint density at radius 2 is 2.00 bits per heavy atom. The Kier molecular flexibility index (Phi) is 7.42. The highest BCUT2D eigenvalue weighted by molar-refractivity contribution is 7.51. The first-order valence-electron chi connectivity index (χ1n) is 10.5. The van der Waals surface area contributed by atoms with Crippen molar-refractivity contribution in [1.29, 1.82) is 0 Å². The Balaban J connectivity index is 1.61. The minimum Gasteiger partial charge on any atom is -0.392 e. The summed E-state index contributed by atoms with van der Waals surface area (Å²) in [7, 11) is -4.19. The summed E-state index contributed by atoms with van der Waals surface area (Å²) in [6.07, 6.45) is 0.831. The van der Waals surface area contributed by atoms with E-state index in [9.17, 15) is 24.4 Å². The number of H-pyrrole nitrogens is 1. The van der Waals surface area contributed by atoms with E-state index in [0.29, 0.717) is 0 Å². The van der Waals surface area contributed by atoms with E-state index in [0.717, 1.165) is 10.8 Å². The van der Waals surface area contributed by atoms with Gasteiger partial charge in [-0.05, 0) is 6.92 Å². The summed E-state index contributed by atoms with van der Waals surface area (Å²) in [5.41, 5.74) is 5.04. The number of fused-ring (bicyclic) bond motifs is 1. The molecule has 3 aromatic rings. The fourth-order valence-corrected chi connectivity index (χ4v) is 5.24. The standard InChI is InChI=1S/C18H25N8O8P/c1-11-6-25(18(30)23-17(11)29)12(28)8-33-35(31,24-2-4-32-5-3-24)34-13(7-27)26-10-22-14-15(19)20-9-21-16(14)26/h6,9-10,12-13,27-28H,2-5,7-8H2,1H3,(H2,19,20,21)(H,23,29,30). The molecule has 0 radical (unpaired) electrons. The van der Waals surface area contributed by atoms with Gasteiger partial charge in [-0.3, -0.25) is 28.0 Å². The summed E-state index contributed by atoms with van der Waals surface area (Å²) >= 11 is 0. The third-order valence-corrected chi connectivity index (χ3v) is 7.37. The van der Waals surface area contributed by atoms with Gasteiger partial charge >= 0.3 is 13.4 Å². The number of aliphatic hydroxyl groups is 2. The number of morpholine rings is 1. The van der Waals surface area contributed by atoms with E-state index in [1.54, 1.807) is 0 Å². The van der Waals surface area contributed by atoms with Crippen molar-refractivity contribution in [1.82, 2.24) is 33.7 Å². The number of imidazole rings is 1. The third-order valence-electron chi connectivity index (χ3n) is 5.30. The zero-order valence-corrected chi connectivity index (χ0v) is 19.6. The average Bonchev–Trinajstić information content (AvgIpc) is 3.29. The molecule has 0 amide bonds. The number of nitrogens with zero attached hydrogens (tertiary/aromatic N) is 6. The number of nitrogens with two attached hydrogens (primary N) is 1. The molecule has 35 heavy (non-hydrogen) atoms. The molecule has 16 nitrogen and oxygen atoms in total. The van der Waals surface area contributed by atoms with Crippen LogP contribution in [0.15, 0.2) is 28.4 Å². The lowest BCUT2D eigenvalue weighted by molar-refractivity contribution is -0.0124. The fourth-order valence-electron chi connectivity index (χ4n) is 3.43. The lowest BCUT2D eigenvalue weighted by Gasteiger charge is -2.35. The molecule has 0 saturated carbocycles. The number of aryl methyl sites for hydroxylation is 1. The van der Waals surface area contributed by atoms with Gasteiger partial charge in [-0.1, -0.05) is 0 Å². The number of nitrogen functional groups attached to an aromatic ring is 1. The molecule has 3 unspecified atom stereocenters. The van der Waals surface area contributed by atoms with Crippen LogP contribution in [-0.4, -0.2) is 83.5 Å². The van der Waals surface area contributed by atoms with Crippen molar-refractivity contribution in [3.05, 3.63) is 45.3 Å². The van der Waals surface area contributed by atoms with Gasteiger partial charge in [0, 0.05) is 24.8 Å². The highest BCUT2D eigenvalue weighted by Gasteiger charge is 2.39. The third kappa shape index (κ3) is 5.18. The smallest absolute Gasteiger partial charge is 0.392 e. The average molecular weight is 512 g/mol. The van der Waals surface area contributed by atoms with Gasteiger partial charge < -0.3 is 20.7 Å². The second kappa shape index (κ2) is 10.3. The van der Waals surface area contributed by atoms with Crippen LogP contribution in [0, 0.1) is 6.92 Å². The number of aromatic amines is 1. The largest absolute Gasteiger partial charge is 0.410 e. The Morgan fingerprint density at radius 1 is 1.26 bits per heavy atom. The predicted octanol–water partition coefficient (Wildman–Crippen LogP) is -1.28. The van der Waals surface area contributed by atoms with Crippen LogP contribution in [-0.2, 0) is 18.3 Å². The first-order valence-corrected chi connectivity index (χ1v) is 12.0. The summed E-state index contributed by atoms with van der Waals surface area (Å²) < 4.78 is 34.2. The van der Waals surface area contributed by atoms with Crippen molar-refractivity contribution in [3.63, 3.8) is 0 Å². The summed E-state index contributed by atoms with van der Waals surface area (Å²) in [5.74, 6) is 0.114. The molecule has 3 atom stereocenters. The molecular formula is C18H25N8O8P. The molecule has 1 aliphatic rings. The molecule has 17 heteroatoms. The molecular weight excluding hydrogens is 487 g/mol. The number of hydrogen-bond acceptors (Lipinski definition) is 12. The zero-order valence-electron chi connectivity index (χ0n) is 18.7. The van der Waals surface area contributed by atoms with Gasteiger partial charge in [-0.2, -0.15) is 0 Å². The van der Waals surface area contributed by atoms with Crippen molar-refractivity contribution in [2.24, 2.45) is 0 Å². The van der Waals surface area contributed by atoms with E-state index >= 15 is 0 Å². The summed E-state index contributed by atoms with van der Waals surface area (Å²) in [5, 5.41) is 20.6. The Bertz CT molecular complexity index is 1350. The van der Waals surface area contributed by atoms with Gasteiger partial charge in [-0.25, -0.2) is 29.0 Å². The molecule has 0 spiro atoms. The van der Waals surface area contributed by atoms with Gasteiger partial charge in [0.25, 0.3) is 5.56 Å². The Hall–Kier alpha value is -2.98. The molecule has 1 saturated heterocycles. The maximum Gasteiger partial charge on any atom is 0.410 e. The number of ether oxygens (including phenoxy) is 1. The molecule has 1 fully saturated rings. The lowest BCUT2D eigenvalue weighted by Crippen LogP contribution is -2.37. The number of aliphatic hydroxyl groups excluding tert-OH is 2. The second-order valence-corrected chi connectivity index (χ2v) is 9.59. The zero-order chi connectivity index (χ0) is 25.2. The van der Waals surface area contributed by atoms with Crippen LogP contribution in [0.4, 0.5) is 5.82 Å². The predicted molar refractivity (Wildman–Crippen MR) is 120 cm³/mol. The van der Waals surface area contributed by atoms with Crippen molar-refractivity contribution in [2.45, 2.75) is 19.4 Å². The van der Waals surface area contributed by atoms with E-state index < -0.39 is 44.7 Å². The van der Waals surface area contributed by atoms with Gasteiger partial charge in [0.05, 0.1) is 26.1 Å². The fraction of sp³-hybridized carbons (Fsp3) is 0.500. The quantitative estimate of drug-likeness (QED) is 0.246. The Morgan fingerprint density at radius 3 is 2.71 bits per heavy atom. The molecule has 4 rings (SSSR count). The minimum absolute atomic E-state index is 0.114. The summed E-state index contributed by atoms with van der Waals surface area (Å²) in [4.78, 5) is 37.8. The molecule has 3 aromatic heterocycles. The van der Waals surface area contributed by atoms with Crippen molar-refractivity contribution >= 4 is 24.7 Å². The van der Waals surface area contributed by atoms with Gasteiger partial charge in [0.15, 0.2) is 23.9 Å². The van der Waals surface area contributed by atoms with Crippen LogP contribution in [0.5, 0.6) is 0 Å². The molecule has 0 bridgehead atoms. The lowest BCUT2D eigenvalue weighted by atomic mass is 10.4. The normalized spacial score (nSPS) is 18.4. The first kappa shape index (κ1) is 25.1. The van der Waals surface area contributed by atoms with Crippen molar-refractivity contribution in [2.75, 3.05) is 45.3 Å². The molecule has 190 valence electrons. The molecule has 1 aliphatic heterocycles. The van der Waals surface area contributed by atoms with E-state index in [4.69, 9.17) is 19.5 Å². The van der Waals surface area contributed by atoms with Crippen molar-refractivity contribution in [3.8, 4) is 0 Å². The number of aromatic nitrogens is 6. The van der Waals surface area contributed by atoms with Gasteiger partial charge in [-0.15, -0.1) is 0 Å². The molecule has 4 heterocycles. The molecule has 0 aromatic carbocycles. The maximum atomic E-state index is 13.9. The topological polar surface area (TPSA) is 213 Å². The SMILES string of the molecule is Cc1cn(C(O)COP(=O)(OC(CO)n2cnc3c(N)ncnc32)N2CCOCC2)c(=O)[nH]c1=O. The highest BCUT2D eigenvalue weighted by atomic mass is 31.2. The van der Waals surface area contributed by atoms with E-state index in [1.165, 1.54) is 28.8 Å². The summed E-state index contributed by atoms with van der Waals surface area (Å²) in [6.45, 7) is 1.07. The van der Waals surface area contributed by atoms with E-state index in [2.05, 4.69) is 19.9 Å². The number of hydrogen-bond donors (Lipinski definition) is 4. The first-order chi connectivity index (χ1) is 16.7. The van der Waals surface area contributed by atoms with E-state index in [-0.39, 0.29) is 48.8 Å². The van der Waals surface area contributed by atoms with Crippen LogP contribution >= 0.6 is 7.75 Å². The number of nitrogens with one attached hydrogen (secondary N) is 1. The van der Waals surface area contributed by atoms with Crippen LogP contribution in [0.25, 0.3) is 11.2 Å². The number of rotatable bonds is 9. The monoisotopic (exact) mass is 512 g/mol. The van der Waals surface area contributed by atoms with E-state index in [1.807, 2.05) is 0 Å². The van der Waals surface area contributed by atoms with Crippen LogP contribution in [0.1, 0.15) is 18.0 Å². The second-order valence-electron chi connectivity index (χ2n) is 7.62. The summed E-state index contributed by atoms with van der Waals surface area (Å²) in [6, 6.07) is 0. The maximum absolute atomic E-state index is 13.9. The molecule has 0 aliphatic carbocycles. The van der Waals surface area contributed by atoms with Crippen molar-refractivity contribution < 1.29 is 28.6 Å². The van der Waals surface area contributed by atoms with Crippen LogP contribution < -0.4 is 17.0 Å². The Labute approximate surface area is 197 Å². The highest BCUT2D eigenvalue weighted by Crippen LogP contribution is 2.55.